The van der Waals surface area contributed by atoms with Crippen molar-refractivity contribution in [1.29, 1.82) is 0 Å². The van der Waals surface area contributed by atoms with E-state index in [-0.39, 0.29) is 6.10 Å². The molecule has 1 aliphatic carbocycles. The average molecular weight is 317 g/mol. The van der Waals surface area contributed by atoms with Gasteiger partial charge in [0.25, 0.3) is 0 Å². The predicted octanol–water partition coefficient (Wildman–Crippen LogP) is 4.51. The first-order valence-corrected chi connectivity index (χ1v) is 9.33. The van der Waals surface area contributed by atoms with Gasteiger partial charge in [0.05, 0.1) is 6.10 Å². The SMILES string of the molecule is CC1CN(C)CCCC1Oc1ccccc1OC1CCCCC1. The number of benzene rings is 1. The first-order chi connectivity index (χ1) is 11.2. The van der Waals surface area contributed by atoms with E-state index < -0.39 is 0 Å². The molecule has 0 amide bonds. The Morgan fingerprint density at radius 1 is 0.913 bits per heavy atom. The standard InChI is InChI=1S/C20H31NO2/c1-16-15-21(2)14-8-13-18(16)23-20-12-7-6-11-19(20)22-17-9-4-3-5-10-17/h6-7,11-12,16-18H,3-5,8-10,13-15H2,1-2H3. The summed E-state index contributed by atoms with van der Waals surface area (Å²) in [6, 6.07) is 8.24. The molecule has 2 unspecified atom stereocenters. The Bertz CT molecular complexity index is 484. The molecule has 0 bridgehead atoms. The van der Waals surface area contributed by atoms with E-state index in [9.17, 15) is 0 Å². The van der Waals surface area contributed by atoms with Crippen molar-refractivity contribution >= 4 is 0 Å². The molecule has 2 aliphatic rings. The van der Waals surface area contributed by atoms with Gasteiger partial charge < -0.3 is 14.4 Å². The molecule has 3 rings (SSSR count). The molecule has 1 aromatic rings. The Balaban J connectivity index is 1.67. The molecule has 1 aliphatic heterocycles. The molecule has 0 spiro atoms. The molecule has 1 aromatic carbocycles. The van der Waals surface area contributed by atoms with Crippen LogP contribution in [-0.4, -0.2) is 37.2 Å². The van der Waals surface area contributed by atoms with Crippen LogP contribution < -0.4 is 9.47 Å². The average Bonchev–Trinajstić information content (AvgIpc) is 2.71. The fourth-order valence-corrected chi connectivity index (χ4v) is 3.89. The molecule has 2 fully saturated rings. The van der Waals surface area contributed by atoms with E-state index in [1.165, 1.54) is 45.1 Å². The van der Waals surface area contributed by atoms with E-state index in [4.69, 9.17) is 9.47 Å². The summed E-state index contributed by atoms with van der Waals surface area (Å²) < 4.78 is 12.7. The number of hydrogen-bond donors (Lipinski definition) is 0. The highest BCUT2D eigenvalue weighted by Crippen LogP contribution is 2.33. The molecule has 3 nitrogen and oxygen atoms in total. The van der Waals surface area contributed by atoms with Crippen LogP contribution in [0.5, 0.6) is 11.5 Å². The Hall–Kier alpha value is -1.22. The summed E-state index contributed by atoms with van der Waals surface area (Å²) in [5, 5.41) is 0. The molecule has 1 saturated heterocycles. The number of para-hydroxylation sites is 2. The summed E-state index contributed by atoms with van der Waals surface area (Å²) in [5.74, 6) is 2.41. The van der Waals surface area contributed by atoms with Gasteiger partial charge in [-0.1, -0.05) is 25.5 Å². The summed E-state index contributed by atoms with van der Waals surface area (Å²) in [6.45, 7) is 4.58. The van der Waals surface area contributed by atoms with Gasteiger partial charge >= 0.3 is 0 Å². The number of ether oxygens (including phenoxy) is 2. The van der Waals surface area contributed by atoms with Gasteiger partial charge in [-0.25, -0.2) is 0 Å². The van der Waals surface area contributed by atoms with Crippen LogP contribution in [0.2, 0.25) is 0 Å². The first-order valence-electron chi connectivity index (χ1n) is 9.33. The number of rotatable bonds is 4. The van der Waals surface area contributed by atoms with Gasteiger partial charge in [-0.2, -0.15) is 0 Å². The second kappa shape index (κ2) is 8.05. The Morgan fingerprint density at radius 2 is 1.61 bits per heavy atom. The van der Waals surface area contributed by atoms with Crippen molar-refractivity contribution in [2.45, 2.75) is 64.1 Å². The number of likely N-dealkylation sites (tertiary alicyclic amines) is 1. The Morgan fingerprint density at radius 3 is 2.35 bits per heavy atom. The fraction of sp³-hybridized carbons (Fsp3) is 0.700. The maximum atomic E-state index is 6.42. The summed E-state index contributed by atoms with van der Waals surface area (Å²) in [5.41, 5.74) is 0. The smallest absolute Gasteiger partial charge is 0.161 e. The predicted molar refractivity (Wildman–Crippen MR) is 94.3 cm³/mol. The van der Waals surface area contributed by atoms with Crippen molar-refractivity contribution in [3.05, 3.63) is 24.3 Å². The molecule has 0 radical (unpaired) electrons. The maximum absolute atomic E-state index is 6.42. The van der Waals surface area contributed by atoms with Crippen LogP contribution in [0, 0.1) is 5.92 Å². The van der Waals surface area contributed by atoms with Gasteiger partial charge in [0, 0.05) is 12.5 Å². The van der Waals surface area contributed by atoms with Crippen LogP contribution >= 0.6 is 0 Å². The largest absolute Gasteiger partial charge is 0.487 e. The monoisotopic (exact) mass is 317 g/mol. The second-order valence-corrected chi connectivity index (χ2v) is 7.36. The Labute approximate surface area is 141 Å². The minimum atomic E-state index is 0.288. The molecule has 1 heterocycles. The molecule has 3 heteroatoms. The van der Waals surface area contributed by atoms with Crippen LogP contribution in [0.3, 0.4) is 0 Å². The first kappa shape index (κ1) is 16.6. The van der Waals surface area contributed by atoms with E-state index in [0.29, 0.717) is 12.0 Å². The highest BCUT2D eigenvalue weighted by molar-refractivity contribution is 5.39. The van der Waals surface area contributed by atoms with Gasteiger partial charge in [-0.05, 0) is 64.3 Å². The molecule has 0 N–H and O–H groups in total. The van der Waals surface area contributed by atoms with Gasteiger partial charge in [-0.15, -0.1) is 0 Å². The normalized spacial score (nSPS) is 27.4. The minimum absolute atomic E-state index is 0.288. The van der Waals surface area contributed by atoms with Crippen molar-refractivity contribution in [3.63, 3.8) is 0 Å². The molecular formula is C20H31NO2. The van der Waals surface area contributed by atoms with Crippen molar-refractivity contribution in [3.8, 4) is 11.5 Å². The van der Waals surface area contributed by atoms with Crippen LogP contribution in [-0.2, 0) is 0 Å². The third-order valence-electron chi connectivity index (χ3n) is 5.24. The molecule has 128 valence electrons. The highest BCUT2D eigenvalue weighted by atomic mass is 16.5. The summed E-state index contributed by atoms with van der Waals surface area (Å²) in [6.07, 6.45) is 9.28. The quantitative estimate of drug-likeness (QED) is 0.815. The molecular weight excluding hydrogens is 286 g/mol. The maximum Gasteiger partial charge on any atom is 0.161 e. The van der Waals surface area contributed by atoms with Gasteiger partial charge in [0.1, 0.15) is 6.10 Å². The van der Waals surface area contributed by atoms with Crippen molar-refractivity contribution in [1.82, 2.24) is 4.90 Å². The van der Waals surface area contributed by atoms with Crippen molar-refractivity contribution in [2.24, 2.45) is 5.92 Å². The number of nitrogens with zero attached hydrogens (tertiary/aromatic N) is 1. The lowest BCUT2D eigenvalue weighted by Gasteiger charge is -2.27. The molecule has 23 heavy (non-hydrogen) atoms. The fourth-order valence-electron chi connectivity index (χ4n) is 3.89. The zero-order valence-electron chi connectivity index (χ0n) is 14.7. The van der Waals surface area contributed by atoms with E-state index in [1.807, 2.05) is 0 Å². The number of hydrogen-bond acceptors (Lipinski definition) is 3. The van der Waals surface area contributed by atoms with Crippen LogP contribution in [0.25, 0.3) is 0 Å². The lowest BCUT2D eigenvalue weighted by atomic mass is 9.98. The molecule has 2 atom stereocenters. The van der Waals surface area contributed by atoms with Crippen molar-refractivity contribution in [2.75, 3.05) is 20.1 Å². The third kappa shape index (κ3) is 4.63. The molecule has 0 aromatic heterocycles. The van der Waals surface area contributed by atoms with Gasteiger partial charge in [0.15, 0.2) is 11.5 Å². The van der Waals surface area contributed by atoms with Crippen LogP contribution in [0.15, 0.2) is 24.3 Å². The van der Waals surface area contributed by atoms with Crippen molar-refractivity contribution < 1.29 is 9.47 Å². The second-order valence-electron chi connectivity index (χ2n) is 7.36. The van der Waals surface area contributed by atoms with E-state index in [0.717, 1.165) is 24.5 Å². The molecule has 1 saturated carbocycles. The van der Waals surface area contributed by atoms with Gasteiger partial charge in [0.2, 0.25) is 0 Å². The lowest BCUT2D eigenvalue weighted by Crippen LogP contribution is -2.31. The minimum Gasteiger partial charge on any atom is -0.487 e. The zero-order chi connectivity index (χ0) is 16.1. The van der Waals surface area contributed by atoms with E-state index in [2.05, 4.69) is 43.1 Å². The van der Waals surface area contributed by atoms with Gasteiger partial charge in [-0.3, -0.25) is 0 Å². The topological polar surface area (TPSA) is 21.7 Å². The van der Waals surface area contributed by atoms with E-state index in [1.54, 1.807) is 0 Å². The van der Waals surface area contributed by atoms with Crippen LogP contribution in [0.1, 0.15) is 51.9 Å². The zero-order valence-corrected chi connectivity index (χ0v) is 14.7. The third-order valence-corrected chi connectivity index (χ3v) is 5.24. The summed E-state index contributed by atoms with van der Waals surface area (Å²) in [7, 11) is 2.21. The summed E-state index contributed by atoms with van der Waals surface area (Å²) in [4.78, 5) is 2.42. The van der Waals surface area contributed by atoms with E-state index >= 15 is 0 Å². The lowest BCUT2D eigenvalue weighted by molar-refractivity contribution is 0.110. The van der Waals surface area contributed by atoms with Crippen LogP contribution in [0.4, 0.5) is 0 Å². The summed E-state index contributed by atoms with van der Waals surface area (Å²) >= 11 is 0. The Kier molecular flexibility index (Phi) is 5.82. The highest BCUT2D eigenvalue weighted by Gasteiger charge is 2.25.